The first kappa shape index (κ1) is 30.9. The second-order valence-corrected chi connectivity index (χ2v) is 12.8. The van der Waals surface area contributed by atoms with Crippen LogP contribution in [0.1, 0.15) is 43.8 Å². The van der Waals surface area contributed by atoms with Crippen molar-refractivity contribution in [2.24, 2.45) is 0 Å². The number of benzene rings is 5. The van der Waals surface area contributed by atoms with Gasteiger partial charge in [-0.25, -0.2) is 18.0 Å². The van der Waals surface area contributed by atoms with Crippen molar-refractivity contribution in [1.82, 2.24) is 0 Å². The van der Waals surface area contributed by atoms with Gasteiger partial charge < -0.3 is 14.0 Å². The van der Waals surface area contributed by atoms with E-state index in [0.29, 0.717) is 49.8 Å². The van der Waals surface area contributed by atoms with Crippen LogP contribution in [0.2, 0.25) is 0 Å². The molecule has 0 aliphatic heterocycles. The van der Waals surface area contributed by atoms with Crippen molar-refractivity contribution >= 4 is 54.6 Å². The van der Waals surface area contributed by atoms with Gasteiger partial charge in [0.15, 0.2) is 6.54 Å². The number of aryl methyl sites for hydroxylation is 3. The smallest absolute Gasteiger partial charge is 0.345 e. The maximum Gasteiger partial charge on any atom is 0.345 e. The molecule has 0 unspecified atom stereocenters. The highest BCUT2D eigenvalue weighted by molar-refractivity contribution is 7.85. The second kappa shape index (κ2) is 12.7. The molecule has 0 spiro atoms. The molecule has 6 rings (SSSR count). The van der Waals surface area contributed by atoms with E-state index in [1.807, 2.05) is 95.6 Å². The van der Waals surface area contributed by atoms with Crippen LogP contribution in [-0.4, -0.2) is 30.7 Å². The van der Waals surface area contributed by atoms with Crippen LogP contribution in [0.25, 0.3) is 32.6 Å². The molecule has 0 saturated heterocycles. The summed E-state index contributed by atoms with van der Waals surface area (Å²) >= 11 is 0. The van der Waals surface area contributed by atoms with E-state index in [1.54, 1.807) is 26.0 Å². The summed E-state index contributed by atoms with van der Waals surface area (Å²) in [5, 5.41) is 3.11. The molecule has 6 aromatic rings. The molecular weight excluding hydrogens is 602 g/mol. The van der Waals surface area contributed by atoms with Crippen molar-refractivity contribution < 1.29 is 36.6 Å². The molecule has 0 radical (unpaired) electrons. The maximum absolute atomic E-state index is 14.2. The summed E-state index contributed by atoms with van der Waals surface area (Å²) in [6.07, 6.45) is 0.116. The number of para-hydroxylation sites is 1. The third-order valence-corrected chi connectivity index (χ3v) is 8.76. The molecule has 0 fully saturated rings. The molecule has 1 aromatic heterocycles. The maximum atomic E-state index is 14.2. The number of carbonyl (C=O) groups excluding carboxylic acids is 2. The van der Waals surface area contributed by atoms with E-state index in [4.69, 9.17) is 9.47 Å². The number of rotatable bonds is 9. The quantitative estimate of drug-likeness (QED) is 0.0582. The molecule has 0 aliphatic carbocycles. The van der Waals surface area contributed by atoms with Gasteiger partial charge in [-0.3, -0.25) is 0 Å². The van der Waals surface area contributed by atoms with Gasteiger partial charge in [0.05, 0.1) is 32.0 Å². The Hall–Kier alpha value is -5.12. The van der Waals surface area contributed by atoms with E-state index < -0.39 is 27.8 Å². The van der Waals surface area contributed by atoms with E-state index >= 15 is 0 Å². The van der Waals surface area contributed by atoms with Crippen LogP contribution in [0.3, 0.4) is 0 Å². The van der Waals surface area contributed by atoms with Crippen LogP contribution in [0.15, 0.2) is 103 Å². The Balaban J connectivity index is 1.40. The van der Waals surface area contributed by atoms with Crippen LogP contribution in [0.4, 0.5) is 0 Å². The minimum atomic E-state index is -4.39. The number of carbonyl (C=O) groups is 2. The van der Waals surface area contributed by atoms with E-state index in [9.17, 15) is 22.6 Å². The number of aromatic nitrogens is 1. The lowest BCUT2D eigenvalue weighted by Gasteiger charge is -2.16. The minimum Gasteiger partial charge on any atom is -0.748 e. The fourth-order valence-electron chi connectivity index (χ4n) is 5.89. The van der Waals surface area contributed by atoms with Crippen LogP contribution >= 0.6 is 0 Å². The Bertz CT molecular complexity index is 2220. The first-order valence-corrected chi connectivity index (χ1v) is 16.4. The molecule has 0 aliphatic rings. The predicted octanol–water partition coefficient (Wildman–Crippen LogP) is 6.56. The number of hydrogen-bond acceptors (Lipinski definition) is 7. The fourth-order valence-corrected chi connectivity index (χ4v) is 6.37. The molecule has 5 aromatic carbocycles. The molecule has 232 valence electrons. The molecule has 8 nitrogen and oxygen atoms in total. The average Bonchev–Trinajstić information content (AvgIpc) is 3.04. The normalized spacial score (nSPS) is 11.6. The van der Waals surface area contributed by atoms with Crippen molar-refractivity contribution in [1.29, 1.82) is 0 Å². The third-order valence-electron chi connectivity index (χ3n) is 7.97. The molecule has 0 amide bonds. The largest absolute Gasteiger partial charge is 0.748 e. The van der Waals surface area contributed by atoms with Gasteiger partial charge in [0.25, 0.3) is 0 Å². The van der Waals surface area contributed by atoms with Crippen LogP contribution in [0.5, 0.6) is 5.75 Å². The lowest BCUT2D eigenvalue weighted by Crippen LogP contribution is -2.37. The van der Waals surface area contributed by atoms with E-state index in [0.717, 1.165) is 16.3 Å². The van der Waals surface area contributed by atoms with Gasteiger partial charge >= 0.3 is 11.9 Å². The lowest BCUT2D eigenvalue weighted by atomic mass is 9.98. The van der Waals surface area contributed by atoms with Crippen LogP contribution < -0.4 is 9.30 Å². The first-order chi connectivity index (χ1) is 22.1. The minimum absolute atomic E-state index is 0.116. The molecule has 0 atom stereocenters. The summed E-state index contributed by atoms with van der Waals surface area (Å²) in [5.74, 6) is -1.20. The number of nitrogens with zero attached hydrogens (tertiary/aromatic N) is 1. The fraction of sp³-hybridized carbons (Fsp3) is 0.162. The number of pyridine rings is 1. The first-order valence-electron chi connectivity index (χ1n) is 14.8. The molecular formula is C37H31NO7S. The summed E-state index contributed by atoms with van der Waals surface area (Å²) in [6.45, 7) is 3.95. The number of ether oxygens (including phenoxy) is 2. The highest BCUT2D eigenvalue weighted by Gasteiger charge is 2.27. The van der Waals surface area contributed by atoms with Gasteiger partial charge in [-0.1, -0.05) is 66.7 Å². The van der Waals surface area contributed by atoms with Gasteiger partial charge in [-0.15, -0.1) is 0 Å². The number of hydrogen-bond donors (Lipinski definition) is 0. The zero-order valence-corrected chi connectivity index (χ0v) is 26.2. The Morgan fingerprint density at radius 3 is 2.07 bits per heavy atom. The molecule has 9 heteroatoms. The molecule has 46 heavy (non-hydrogen) atoms. The second-order valence-electron chi connectivity index (χ2n) is 11.3. The Kier molecular flexibility index (Phi) is 8.53. The van der Waals surface area contributed by atoms with Crippen molar-refractivity contribution in [2.75, 3.05) is 5.75 Å². The summed E-state index contributed by atoms with van der Waals surface area (Å²) in [5.41, 5.74) is 4.20. The number of fused-ring (bicyclic) bond motifs is 3. The summed E-state index contributed by atoms with van der Waals surface area (Å²) in [4.78, 5) is 27.0. The topological polar surface area (TPSA) is 114 Å². The zero-order valence-electron chi connectivity index (χ0n) is 25.4. The van der Waals surface area contributed by atoms with E-state index in [1.165, 1.54) is 0 Å². The van der Waals surface area contributed by atoms with Gasteiger partial charge in [0.2, 0.25) is 11.0 Å². The standard InChI is InChI=1S/C37H31NO7S/c1-24-19-29(36(39)44-23-26-11-4-3-5-12-26)20-25(2)35(24)45-37(40)34-30-15-8-9-16-32(30)38(17-10-18-46(41,42)43)33-22-28-14-7-6-13-27(28)21-31(33)34/h3-9,11-16,19-22H,10,17-18,23H2,1-2H3. The summed E-state index contributed by atoms with van der Waals surface area (Å²) in [7, 11) is -4.39. The van der Waals surface area contributed by atoms with Crippen LogP contribution in [-0.2, 0) is 28.0 Å². The average molecular weight is 634 g/mol. The Labute approximate surface area is 266 Å². The van der Waals surface area contributed by atoms with Crippen molar-refractivity contribution in [3.05, 3.63) is 131 Å². The highest BCUT2D eigenvalue weighted by Crippen LogP contribution is 2.32. The van der Waals surface area contributed by atoms with Crippen molar-refractivity contribution in [3.8, 4) is 5.75 Å². The summed E-state index contributed by atoms with van der Waals surface area (Å²) < 4.78 is 47.7. The SMILES string of the molecule is Cc1cc(C(=O)OCc2ccccc2)cc(C)c1OC(=O)c1c2ccccc2[n+](CCCS(=O)(=O)[O-])c2cc3ccccc3cc12. The van der Waals surface area contributed by atoms with Crippen LogP contribution in [0, 0.1) is 13.8 Å². The lowest BCUT2D eigenvalue weighted by molar-refractivity contribution is -0.645. The molecule has 0 bridgehead atoms. The molecule has 0 N–H and O–H groups in total. The summed E-state index contributed by atoms with van der Waals surface area (Å²) in [6, 6.07) is 31.7. The van der Waals surface area contributed by atoms with Crippen molar-refractivity contribution in [2.45, 2.75) is 33.4 Å². The highest BCUT2D eigenvalue weighted by atomic mass is 32.2. The predicted molar refractivity (Wildman–Crippen MR) is 175 cm³/mol. The number of esters is 2. The van der Waals surface area contributed by atoms with Gasteiger partial charge in [-0.05, 0) is 65.6 Å². The van der Waals surface area contributed by atoms with Gasteiger partial charge in [-0.2, -0.15) is 4.57 Å². The Morgan fingerprint density at radius 2 is 1.37 bits per heavy atom. The van der Waals surface area contributed by atoms with E-state index in [2.05, 4.69) is 0 Å². The van der Waals surface area contributed by atoms with Crippen molar-refractivity contribution in [3.63, 3.8) is 0 Å². The molecule has 1 heterocycles. The molecule has 0 saturated carbocycles. The van der Waals surface area contributed by atoms with Gasteiger partial charge in [0, 0.05) is 24.3 Å². The van der Waals surface area contributed by atoms with E-state index in [-0.39, 0.29) is 19.6 Å². The monoisotopic (exact) mass is 633 g/mol. The zero-order chi connectivity index (χ0) is 32.4. The third kappa shape index (κ3) is 6.47. The van der Waals surface area contributed by atoms with Gasteiger partial charge in [0.1, 0.15) is 12.4 Å². The Morgan fingerprint density at radius 1 is 0.739 bits per heavy atom.